The maximum absolute atomic E-state index is 13.7. The van der Waals surface area contributed by atoms with Crippen LogP contribution in [-0.4, -0.2) is 41.1 Å². The fourth-order valence-corrected chi connectivity index (χ4v) is 5.55. The van der Waals surface area contributed by atoms with Crippen molar-refractivity contribution in [2.45, 2.75) is 69.0 Å². The number of hydrogen-bond acceptors (Lipinski definition) is 5. The van der Waals surface area contributed by atoms with Crippen molar-refractivity contribution in [1.29, 1.82) is 0 Å². The highest BCUT2D eigenvalue weighted by atomic mass is 35.5. The first-order valence-electron chi connectivity index (χ1n) is 12.0. The van der Waals surface area contributed by atoms with E-state index in [1.807, 2.05) is 0 Å². The average molecular weight is 551 g/mol. The number of ether oxygens (including phenoxy) is 1. The maximum Gasteiger partial charge on any atom is 0.408 e. The Morgan fingerprint density at radius 1 is 1.16 bits per heavy atom. The number of nitrogens with zero attached hydrogens (tertiary/aromatic N) is 1. The minimum atomic E-state index is -2.69. The number of thioether (sulfide) groups is 1. The van der Waals surface area contributed by atoms with Gasteiger partial charge in [0.15, 0.2) is 5.78 Å². The summed E-state index contributed by atoms with van der Waals surface area (Å²) in [5, 5.41) is 3.24. The number of benzene rings is 2. The van der Waals surface area contributed by atoms with Crippen molar-refractivity contribution in [1.82, 2.24) is 5.32 Å². The van der Waals surface area contributed by atoms with Crippen LogP contribution >= 0.6 is 23.4 Å². The first-order chi connectivity index (χ1) is 17.3. The number of amides is 2. The summed E-state index contributed by atoms with van der Waals surface area (Å²) in [5.41, 5.74) is 0.974. The van der Waals surface area contributed by atoms with Crippen LogP contribution in [0.5, 0.6) is 0 Å². The molecule has 2 aromatic carbocycles. The van der Waals surface area contributed by atoms with Crippen molar-refractivity contribution in [2.75, 3.05) is 10.7 Å². The van der Waals surface area contributed by atoms with E-state index in [1.54, 1.807) is 63.2 Å². The van der Waals surface area contributed by atoms with E-state index in [9.17, 15) is 23.2 Å². The van der Waals surface area contributed by atoms with E-state index >= 15 is 0 Å². The first kappa shape index (κ1) is 27.4. The third-order valence-corrected chi connectivity index (χ3v) is 7.54. The smallest absolute Gasteiger partial charge is 0.408 e. The molecule has 4 rings (SSSR count). The molecule has 37 heavy (non-hydrogen) atoms. The number of carbonyl (C=O) groups is 3. The monoisotopic (exact) mass is 550 g/mol. The third-order valence-electron chi connectivity index (χ3n) is 6.13. The largest absolute Gasteiger partial charge is 0.444 e. The second-order valence-electron chi connectivity index (χ2n) is 10.5. The number of rotatable bonds is 6. The molecule has 10 heteroatoms. The van der Waals surface area contributed by atoms with Gasteiger partial charge in [0.25, 0.3) is 5.91 Å². The van der Waals surface area contributed by atoms with Crippen molar-refractivity contribution in [3.8, 4) is 0 Å². The molecule has 0 spiro atoms. The number of alkyl carbamates (subject to hydrolysis) is 1. The van der Waals surface area contributed by atoms with E-state index < -0.39 is 23.7 Å². The molecule has 6 nitrogen and oxygen atoms in total. The number of hydrogen-bond donors (Lipinski definition) is 1. The summed E-state index contributed by atoms with van der Waals surface area (Å²) < 4.78 is 31.8. The van der Waals surface area contributed by atoms with Gasteiger partial charge in [-0.25, -0.2) is 13.6 Å². The lowest BCUT2D eigenvalue weighted by molar-refractivity contribution is -0.120. The summed E-state index contributed by atoms with van der Waals surface area (Å²) >= 11 is 7.41. The van der Waals surface area contributed by atoms with Gasteiger partial charge in [-0.15, -0.1) is 11.8 Å². The molecule has 1 atom stereocenters. The van der Waals surface area contributed by atoms with Gasteiger partial charge in [-0.1, -0.05) is 29.8 Å². The van der Waals surface area contributed by atoms with Crippen LogP contribution in [-0.2, 0) is 16.1 Å². The molecule has 198 valence electrons. The normalized spacial score (nSPS) is 19.5. The Hall–Kier alpha value is -2.65. The minimum absolute atomic E-state index is 0.0372. The summed E-state index contributed by atoms with van der Waals surface area (Å²) in [4.78, 5) is 41.4. The zero-order valence-electron chi connectivity index (χ0n) is 20.9. The first-order valence-corrected chi connectivity index (χ1v) is 13.4. The van der Waals surface area contributed by atoms with Gasteiger partial charge in [0.2, 0.25) is 5.92 Å². The fraction of sp³-hybridized carbons (Fsp3) is 0.444. The molecule has 0 saturated heterocycles. The predicted octanol–water partition coefficient (Wildman–Crippen LogP) is 6.49. The van der Waals surface area contributed by atoms with Gasteiger partial charge < -0.3 is 15.0 Å². The van der Waals surface area contributed by atoms with E-state index in [1.165, 1.54) is 16.7 Å². The van der Waals surface area contributed by atoms with E-state index in [2.05, 4.69) is 5.32 Å². The van der Waals surface area contributed by atoms with Crippen LogP contribution in [0, 0.1) is 5.92 Å². The molecular formula is C27H29ClF2N2O4S. The van der Waals surface area contributed by atoms with Crippen LogP contribution in [0.4, 0.5) is 19.3 Å². The molecule has 2 amide bonds. The zero-order chi connectivity index (χ0) is 27.0. The summed E-state index contributed by atoms with van der Waals surface area (Å²) in [5.74, 6) is -3.35. The summed E-state index contributed by atoms with van der Waals surface area (Å²) in [6.07, 6.45) is -1.22. The molecule has 2 aliphatic rings. The van der Waals surface area contributed by atoms with Crippen molar-refractivity contribution in [3.63, 3.8) is 0 Å². The van der Waals surface area contributed by atoms with E-state index in [-0.39, 0.29) is 49.2 Å². The topological polar surface area (TPSA) is 75.7 Å². The minimum Gasteiger partial charge on any atom is -0.444 e. The summed E-state index contributed by atoms with van der Waals surface area (Å²) in [7, 11) is 0. The van der Waals surface area contributed by atoms with Crippen LogP contribution in [0.2, 0.25) is 5.02 Å². The Kier molecular flexibility index (Phi) is 7.85. The SMILES string of the molecule is CC(C)(C)OC(=O)N[C@H]1CSc2ccc(C(=O)CC3CC(F)(F)C3)cc2N(Cc2ccc(Cl)cc2)C1=O. The second-order valence-corrected chi connectivity index (χ2v) is 12.0. The molecule has 1 aliphatic heterocycles. The van der Waals surface area contributed by atoms with Crippen LogP contribution in [0.15, 0.2) is 47.4 Å². The molecule has 0 unspecified atom stereocenters. The molecule has 1 saturated carbocycles. The van der Waals surface area contributed by atoms with Crippen LogP contribution < -0.4 is 10.2 Å². The number of Topliss-reactive ketones (excluding diaryl/α,β-unsaturated/α-hetero) is 1. The molecule has 1 heterocycles. The number of carbonyl (C=O) groups excluding carboxylic acids is 3. The number of fused-ring (bicyclic) bond motifs is 1. The van der Waals surface area contributed by atoms with Gasteiger partial charge in [-0.05, 0) is 56.5 Å². The third kappa shape index (κ3) is 7.02. The van der Waals surface area contributed by atoms with E-state index in [0.717, 1.165) is 10.5 Å². The Morgan fingerprint density at radius 2 is 1.84 bits per heavy atom. The summed E-state index contributed by atoms with van der Waals surface area (Å²) in [6, 6.07) is 11.3. The highest BCUT2D eigenvalue weighted by Gasteiger charge is 2.45. The van der Waals surface area contributed by atoms with Crippen LogP contribution in [0.3, 0.4) is 0 Å². The number of nitrogens with one attached hydrogen (secondary N) is 1. The van der Waals surface area contributed by atoms with Crippen molar-refractivity contribution in [2.24, 2.45) is 5.92 Å². The van der Waals surface area contributed by atoms with E-state index in [4.69, 9.17) is 16.3 Å². The molecule has 1 N–H and O–H groups in total. The van der Waals surface area contributed by atoms with Crippen molar-refractivity contribution in [3.05, 3.63) is 58.6 Å². The number of ketones is 1. The lowest BCUT2D eigenvalue weighted by atomic mass is 9.77. The molecule has 1 fully saturated rings. The van der Waals surface area contributed by atoms with Gasteiger partial charge in [0.1, 0.15) is 11.6 Å². The molecule has 1 aliphatic carbocycles. The van der Waals surface area contributed by atoms with Gasteiger partial charge in [0, 0.05) is 40.5 Å². The van der Waals surface area contributed by atoms with E-state index in [0.29, 0.717) is 16.3 Å². The number of halogens is 3. The molecule has 0 bridgehead atoms. The average Bonchev–Trinajstić information content (AvgIpc) is 2.90. The Labute approximate surface area is 224 Å². The molecule has 2 aromatic rings. The highest BCUT2D eigenvalue weighted by molar-refractivity contribution is 7.99. The highest BCUT2D eigenvalue weighted by Crippen LogP contribution is 2.45. The Morgan fingerprint density at radius 3 is 2.46 bits per heavy atom. The van der Waals surface area contributed by atoms with Gasteiger partial charge >= 0.3 is 6.09 Å². The summed E-state index contributed by atoms with van der Waals surface area (Å²) in [6.45, 7) is 5.40. The van der Waals surface area contributed by atoms with Crippen LogP contribution in [0.1, 0.15) is 56.0 Å². The molecular weight excluding hydrogens is 522 g/mol. The Balaban J connectivity index is 1.61. The lowest BCUT2D eigenvalue weighted by Crippen LogP contribution is -2.50. The van der Waals surface area contributed by atoms with Crippen molar-refractivity contribution < 1.29 is 27.9 Å². The molecule has 0 aromatic heterocycles. The fourth-order valence-electron chi connectivity index (χ4n) is 4.37. The maximum atomic E-state index is 13.7. The van der Waals surface area contributed by atoms with Gasteiger partial charge in [-0.2, -0.15) is 0 Å². The quantitative estimate of drug-likeness (QED) is 0.416. The van der Waals surface area contributed by atoms with Crippen molar-refractivity contribution >= 4 is 46.8 Å². The second kappa shape index (κ2) is 10.6. The van der Waals surface area contributed by atoms with Crippen LogP contribution in [0.25, 0.3) is 0 Å². The predicted molar refractivity (Wildman–Crippen MR) is 140 cm³/mol. The lowest BCUT2D eigenvalue weighted by Gasteiger charge is -2.34. The Bertz CT molecular complexity index is 1190. The number of alkyl halides is 2. The number of anilines is 1. The standard InChI is InChI=1S/C27H29ClF2N2O4S/c1-26(2,3)36-25(35)31-20-15-37-23-9-6-18(22(33)10-17-12-27(29,30)13-17)11-21(23)32(24(20)34)14-16-4-7-19(28)8-5-16/h4-9,11,17,20H,10,12-15H2,1-3H3,(H,31,35)/t20-/m0/s1. The molecule has 0 radical (unpaired) electrons. The van der Waals surface area contributed by atoms with Gasteiger partial charge in [0.05, 0.1) is 12.2 Å². The van der Waals surface area contributed by atoms with Gasteiger partial charge in [-0.3, -0.25) is 9.59 Å². The zero-order valence-corrected chi connectivity index (χ0v) is 22.4.